The number of carbonyl (C=O) groups is 6. The molecule has 0 radical (unpaired) electrons. The van der Waals surface area contributed by atoms with Gasteiger partial charge in [0.15, 0.2) is 23.8 Å². The predicted octanol–water partition coefficient (Wildman–Crippen LogP) is 5.52. The summed E-state index contributed by atoms with van der Waals surface area (Å²) in [4.78, 5) is 73.7. The fraction of sp³-hybridized carbons (Fsp3) is 0.509. The molecule has 16 nitrogen and oxygen atoms in total. The van der Waals surface area contributed by atoms with Gasteiger partial charge in [-0.05, 0) is 81.7 Å². The number of rotatable bonds is 26. The lowest BCUT2D eigenvalue weighted by Gasteiger charge is -2.36. The smallest absolute Gasteiger partial charge is 0.307 e. The third-order valence-corrected chi connectivity index (χ3v) is 12.6. The fourth-order valence-electron chi connectivity index (χ4n) is 7.60. The molecule has 0 aromatic carbocycles. The van der Waals surface area contributed by atoms with Gasteiger partial charge in [0.25, 0.3) is 0 Å². The molecule has 0 fully saturated rings. The fourth-order valence-corrected chi connectivity index (χ4v) is 7.60. The van der Waals surface area contributed by atoms with Gasteiger partial charge < -0.3 is 55.5 Å². The van der Waals surface area contributed by atoms with Crippen LogP contribution in [0.4, 0.5) is 0 Å². The third kappa shape index (κ3) is 21.7. The highest BCUT2D eigenvalue weighted by molar-refractivity contribution is 6.02. The van der Waals surface area contributed by atoms with Crippen LogP contribution < -0.4 is 10.6 Å². The summed E-state index contributed by atoms with van der Waals surface area (Å²) in [5.74, 6) is -2.43. The Morgan fingerprint density at radius 1 is 0.575 bits per heavy atom. The van der Waals surface area contributed by atoms with Gasteiger partial charge >= 0.3 is 11.9 Å². The van der Waals surface area contributed by atoms with Crippen molar-refractivity contribution in [2.24, 2.45) is 10.8 Å². The maximum atomic E-state index is 13.2. The van der Waals surface area contributed by atoms with Crippen molar-refractivity contribution in [3.8, 4) is 0 Å². The van der Waals surface area contributed by atoms with Crippen LogP contribution in [0, 0.1) is 10.8 Å². The molecule has 0 bridgehead atoms. The van der Waals surface area contributed by atoms with E-state index in [0.717, 1.165) is 33.4 Å². The van der Waals surface area contributed by atoms with Crippen LogP contribution in [-0.2, 0) is 38.2 Å². The zero-order valence-electron chi connectivity index (χ0n) is 44.7. The average molecular weight is 1020 g/mol. The van der Waals surface area contributed by atoms with E-state index in [4.69, 9.17) is 24.8 Å². The number of nitrogens with one attached hydrogen (secondary N) is 2. The Hall–Kier alpha value is -5.72. The van der Waals surface area contributed by atoms with Crippen LogP contribution in [0.3, 0.4) is 0 Å². The van der Waals surface area contributed by atoms with Crippen molar-refractivity contribution in [3.05, 3.63) is 130 Å². The van der Waals surface area contributed by atoms with Gasteiger partial charge in [0.05, 0.1) is 58.0 Å². The summed E-state index contributed by atoms with van der Waals surface area (Å²) < 4.78 is 10.9. The molecule has 0 saturated heterocycles. The first kappa shape index (κ1) is 65.3. The molecule has 16 heteroatoms. The second-order valence-corrected chi connectivity index (χ2v) is 19.9. The van der Waals surface area contributed by atoms with E-state index in [9.17, 15) is 44.1 Å². The summed E-state index contributed by atoms with van der Waals surface area (Å²) in [7, 11) is 1.57. The number of aliphatic hydroxyl groups excluding tert-OH is 6. The molecule has 0 saturated carbocycles. The number of likely N-dealkylation sites (N-methyl/N-ethyl adjacent to an activating group) is 1. The summed E-state index contributed by atoms with van der Waals surface area (Å²) in [5, 5.41) is 59.0. The SMILES string of the molecule is CC1=C(/C=C/C(C)=C/C=C/C(C)=C/C=C/C=C(C)/C=C/C=C(C)/C=C/C2=C(C)C(=O)C(OC(=O)CCC(=O)NC(CO)(CO)CO)CC2(C)C)C(C)(C)CC(OC(=O)CCC=O)C1=O.CNC(CO)(CO)CO. The molecule has 0 aromatic heterocycles. The van der Waals surface area contributed by atoms with E-state index in [0.29, 0.717) is 23.9 Å². The zero-order chi connectivity index (χ0) is 55.6. The van der Waals surface area contributed by atoms with Crippen molar-refractivity contribution in [1.82, 2.24) is 10.6 Å². The lowest BCUT2D eigenvalue weighted by molar-refractivity contribution is -0.156. The lowest BCUT2D eigenvalue weighted by atomic mass is 9.71. The number of esters is 2. The molecule has 8 N–H and O–H groups in total. The topological polar surface area (TPSA) is 266 Å². The standard InChI is InChI=1S/C52H69NO11.C5H13NO3/c1-35(18-13-20-37(3)23-25-41-39(5)48(61)43(30-50(41,7)8)63-46(59)22-15-29-54)16-11-12-17-36(2)19-14-21-38(4)24-26-42-40(6)49(62)44(31-51(42,9)10)64-47(60)28-27-45(58)53-52(32-55,33-56)34-57;1-6-5(2-7,3-8)4-9/h11-14,16-21,23-26,29,43-44,55-57H,15,22,27-28,30-34H2,1-10H3,(H,53,58);6-9H,2-4H2,1H3/b12-11+,18-13+,19-14+,25-23+,26-24+,35-16+,36-17+,37-20+,38-21+;. The number of aliphatic hydroxyl groups is 6. The molecular formula is C57H82N2O14. The van der Waals surface area contributed by atoms with Gasteiger partial charge in [-0.15, -0.1) is 0 Å². The Labute approximate surface area is 432 Å². The van der Waals surface area contributed by atoms with Crippen molar-refractivity contribution < 1.29 is 68.9 Å². The second-order valence-electron chi connectivity index (χ2n) is 19.9. The van der Waals surface area contributed by atoms with Gasteiger partial charge in [-0.3, -0.25) is 24.0 Å². The van der Waals surface area contributed by atoms with Crippen molar-refractivity contribution in [2.45, 2.75) is 131 Å². The summed E-state index contributed by atoms with van der Waals surface area (Å²) in [5.41, 5.74) is 3.49. The van der Waals surface area contributed by atoms with Gasteiger partial charge in [0, 0.05) is 25.7 Å². The van der Waals surface area contributed by atoms with Crippen LogP contribution in [0.2, 0.25) is 0 Å². The number of allylic oxidation sites excluding steroid dienone is 20. The van der Waals surface area contributed by atoms with E-state index in [1.54, 1.807) is 20.9 Å². The van der Waals surface area contributed by atoms with Gasteiger partial charge in [-0.1, -0.05) is 135 Å². The molecule has 404 valence electrons. The minimum absolute atomic E-state index is 0.0349. The van der Waals surface area contributed by atoms with Gasteiger partial charge in [0.2, 0.25) is 5.91 Å². The van der Waals surface area contributed by atoms with Crippen LogP contribution in [0.15, 0.2) is 130 Å². The Kier molecular flexibility index (Phi) is 28.4. The largest absolute Gasteiger partial charge is 0.454 e. The van der Waals surface area contributed by atoms with Crippen LogP contribution in [-0.4, -0.2) is 136 Å². The minimum atomic E-state index is -1.60. The first-order chi connectivity index (χ1) is 34.3. The highest BCUT2D eigenvalue weighted by atomic mass is 16.6. The van der Waals surface area contributed by atoms with Crippen molar-refractivity contribution in [3.63, 3.8) is 0 Å². The van der Waals surface area contributed by atoms with E-state index in [1.807, 2.05) is 140 Å². The summed E-state index contributed by atoms with van der Waals surface area (Å²) in [6, 6.07) is 0. The minimum Gasteiger partial charge on any atom is -0.454 e. The molecule has 2 atom stereocenters. The molecule has 0 spiro atoms. The summed E-state index contributed by atoms with van der Waals surface area (Å²) in [6.45, 7) is 16.6. The molecule has 2 aliphatic carbocycles. The molecule has 0 aliphatic heterocycles. The first-order valence-electron chi connectivity index (χ1n) is 24.4. The second kappa shape index (κ2) is 31.8. The van der Waals surface area contributed by atoms with E-state index in [1.165, 1.54) is 0 Å². The van der Waals surface area contributed by atoms with Crippen LogP contribution >= 0.6 is 0 Å². The molecule has 73 heavy (non-hydrogen) atoms. The van der Waals surface area contributed by atoms with Crippen molar-refractivity contribution in [2.75, 3.05) is 46.7 Å². The molecule has 0 heterocycles. The number of hydrogen-bond donors (Lipinski definition) is 8. The molecule has 2 unspecified atom stereocenters. The van der Waals surface area contributed by atoms with Crippen LogP contribution in [0.25, 0.3) is 0 Å². The number of hydrogen-bond acceptors (Lipinski definition) is 15. The monoisotopic (exact) mass is 1020 g/mol. The highest BCUT2D eigenvalue weighted by Gasteiger charge is 2.41. The Bertz CT molecular complexity index is 2240. The third-order valence-electron chi connectivity index (χ3n) is 12.6. The Morgan fingerprint density at radius 2 is 0.932 bits per heavy atom. The number of aldehydes is 1. The number of ketones is 2. The number of amides is 1. The average Bonchev–Trinajstić information content (AvgIpc) is 3.34. The van der Waals surface area contributed by atoms with Crippen LogP contribution in [0.5, 0.6) is 0 Å². The number of Topliss-reactive ketones (excluding diaryl/α,β-unsaturated/α-hetero) is 2. The molecule has 0 aromatic rings. The molecule has 1 amide bonds. The molecular weight excluding hydrogens is 937 g/mol. The summed E-state index contributed by atoms with van der Waals surface area (Å²) in [6.07, 6.45) is 26.5. The van der Waals surface area contributed by atoms with Crippen molar-refractivity contribution >= 4 is 35.7 Å². The molecule has 2 rings (SSSR count). The van der Waals surface area contributed by atoms with E-state index in [-0.39, 0.29) is 68.9 Å². The molecule has 2 aliphatic rings. The highest BCUT2D eigenvalue weighted by Crippen LogP contribution is 2.42. The van der Waals surface area contributed by atoms with Crippen molar-refractivity contribution in [1.29, 1.82) is 0 Å². The Morgan fingerprint density at radius 3 is 1.27 bits per heavy atom. The quantitative estimate of drug-likeness (QED) is 0.0301. The normalized spacial score (nSPS) is 19.4. The number of carbonyl (C=O) groups excluding carboxylic acids is 6. The zero-order valence-corrected chi connectivity index (χ0v) is 44.7. The van der Waals surface area contributed by atoms with Gasteiger partial charge in [0.1, 0.15) is 11.8 Å². The lowest BCUT2D eigenvalue weighted by Crippen LogP contribution is -2.57. The Balaban J connectivity index is 0.00000268. The van der Waals surface area contributed by atoms with Gasteiger partial charge in [-0.25, -0.2) is 0 Å². The van der Waals surface area contributed by atoms with Crippen LogP contribution in [0.1, 0.15) is 108 Å². The van der Waals surface area contributed by atoms with E-state index in [2.05, 4.69) is 10.6 Å². The summed E-state index contributed by atoms with van der Waals surface area (Å²) >= 11 is 0. The van der Waals surface area contributed by atoms with E-state index < -0.39 is 66.4 Å². The maximum Gasteiger partial charge on any atom is 0.307 e. The van der Waals surface area contributed by atoms with E-state index >= 15 is 0 Å². The number of ether oxygens (including phenoxy) is 2. The maximum absolute atomic E-state index is 13.2. The predicted molar refractivity (Wildman–Crippen MR) is 282 cm³/mol. The van der Waals surface area contributed by atoms with Gasteiger partial charge in [-0.2, -0.15) is 0 Å². The first-order valence-corrected chi connectivity index (χ1v) is 24.4.